The fourth-order valence-electron chi connectivity index (χ4n) is 1.59. The third kappa shape index (κ3) is 4.24. The summed E-state index contributed by atoms with van der Waals surface area (Å²) in [6, 6.07) is 9.43. The number of hydrogen-bond acceptors (Lipinski definition) is 3. The van der Waals surface area contributed by atoms with E-state index in [0.717, 1.165) is 18.6 Å². The first-order valence-corrected chi connectivity index (χ1v) is 6.26. The van der Waals surface area contributed by atoms with Crippen LogP contribution in [0.3, 0.4) is 0 Å². The number of ether oxygens (including phenoxy) is 2. The van der Waals surface area contributed by atoms with Crippen LogP contribution < -0.4 is 4.74 Å². The minimum absolute atomic E-state index is 0.323. The summed E-state index contributed by atoms with van der Waals surface area (Å²) in [6.07, 6.45) is 1.33. The lowest BCUT2D eigenvalue weighted by molar-refractivity contribution is -0.139. The van der Waals surface area contributed by atoms with Crippen molar-refractivity contribution in [3.05, 3.63) is 42.5 Å². The largest absolute Gasteiger partial charge is 0.485 e. The summed E-state index contributed by atoms with van der Waals surface area (Å²) >= 11 is 0. The third-order valence-electron chi connectivity index (χ3n) is 2.50. The van der Waals surface area contributed by atoms with Gasteiger partial charge >= 0.3 is 5.97 Å². The Labute approximate surface area is 108 Å². The lowest BCUT2D eigenvalue weighted by Crippen LogP contribution is -2.25. The quantitative estimate of drug-likeness (QED) is 0.548. The Kier molecular flexibility index (Phi) is 5.98. The Morgan fingerprint density at radius 1 is 1.28 bits per heavy atom. The molecule has 1 aromatic carbocycles. The van der Waals surface area contributed by atoms with Crippen molar-refractivity contribution in [1.82, 2.24) is 0 Å². The maximum absolute atomic E-state index is 11.6. The van der Waals surface area contributed by atoms with E-state index in [1.165, 1.54) is 0 Å². The van der Waals surface area contributed by atoms with E-state index in [1.54, 1.807) is 6.92 Å². The second-order valence-corrected chi connectivity index (χ2v) is 3.95. The van der Waals surface area contributed by atoms with Crippen molar-refractivity contribution < 1.29 is 14.3 Å². The van der Waals surface area contributed by atoms with E-state index in [0.29, 0.717) is 12.2 Å². The van der Waals surface area contributed by atoms with Crippen LogP contribution in [0.2, 0.25) is 0 Å². The van der Waals surface area contributed by atoms with E-state index in [2.05, 4.69) is 6.58 Å². The summed E-state index contributed by atoms with van der Waals surface area (Å²) in [5, 5.41) is 0. The molecule has 0 saturated heterocycles. The lowest BCUT2D eigenvalue weighted by atomic mass is 10.1. The number of benzene rings is 1. The van der Waals surface area contributed by atoms with Gasteiger partial charge in [-0.3, -0.25) is 0 Å². The van der Waals surface area contributed by atoms with Gasteiger partial charge in [-0.05, 0) is 25.5 Å². The molecular weight excluding hydrogens is 228 g/mol. The Morgan fingerprint density at radius 2 is 1.94 bits per heavy atom. The fourth-order valence-corrected chi connectivity index (χ4v) is 1.59. The Bertz CT molecular complexity index is 384. The Balaban J connectivity index is 2.70. The molecule has 0 saturated carbocycles. The Morgan fingerprint density at radius 3 is 2.50 bits per heavy atom. The van der Waals surface area contributed by atoms with Gasteiger partial charge in [-0.25, -0.2) is 4.79 Å². The molecule has 0 aliphatic carbocycles. The topological polar surface area (TPSA) is 35.5 Å². The predicted octanol–water partition coefficient (Wildman–Crippen LogP) is 3.35. The summed E-state index contributed by atoms with van der Waals surface area (Å²) < 4.78 is 10.7. The lowest BCUT2D eigenvalue weighted by Gasteiger charge is -2.19. The second-order valence-electron chi connectivity index (χ2n) is 3.95. The molecule has 98 valence electrons. The SMILES string of the molecule is C=C(C(=O)OCC)C(CCC)Oc1ccccc1. The molecule has 0 amide bonds. The molecule has 3 nitrogen and oxygen atoms in total. The van der Waals surface area contributed by atoms with Crippen LogP contribution in [0.4, 0.5) is 0 Å². The number of esters is 1. The molecular formula is C15H20O3. The molecule has 3 heteroatoms. The highest BCUT2D eigenvalue weighted by molar-refractivity contribution is 5.88. The van der Waals surface area contributed by atoms with E-state index >= 15 is 0 Å². The zero-order chi connectivity index (χ0) is 13.4. The highest BCUT2D eigenvalue weighted by Crippen LogP contribution is 2.18. The van der Waals surface area contributed by atoms with Crippen LogP contribution in [0, 0.1) is 0 Å². The van der Waals surface area contributed by atoms with Crippen LogP contribution in [-0.4, -0.2) is 18.7 Å². The van der Waals surface area contributed by atoms with Gasteiger partial charge in [0.25, 0.3) is 0 Å². The molecule has 1 atom stereocenters. The van der Waals surface area contributed by atoms with E-state index in [-0.39, 0.29) is 12.1 Å². The van der Waals surface area contributed by atoms with Gasteiger partial charge in [0.1, 0.15) is 11.9 Å². The molecule has 1 rings (SSSR count). The van der Waals surface area contributed by atoms with E-state index in [4.69, 9.17) is 9.47 Å². The van der Waals surface area contributed by atoms with Crippen molar-refractivity contribution in [3.8, 4) is 5.75 Å². The molecule has 0 N–H and O–H groups in total. The van der Waals surface area contributed by atoms with Crippen LogP contribution in [0.5, 0.6) is 5.75 Å². The molecule has 0 heterocycles. The number of rotatable bonds is 7. The summed E-state index contributed by atoms with van der Waals surface area (Å²) in [5.41, 5.74) is 0.377. The van der Waals surface area contributed by atoms with Crippen LogP contribution >= 0.6 is 0 Å². The minimum atomic E-state index is -0.383. The van der Waals surface area contributed by atoms with Gasteiger partial charge in [-0.15, -0.1) is 0 Å². The van der Waals surface area contributed by atoms with Gasteiger partial charge in [-0.1, -0.05) is 38.1 Å². The summed E-state index contributed by atoms with van der Waals surface area (Å²) in [7, 11) is 0. The molecule has 0 fully saturated rings. The Hall–Kier alpha value is -1.77. The van der Waals surface area contributed by atoms with Crippen LogP contribution in [-0.2, 0) is 9.53 Å². The van der Waals surface area contributed by atoms with Gasteiger partial charge in [0, 0.05) is 0 Å². The van der Waals surface area contributed by atoms with E-state index in [9.17, 15) is 4.79 Å². The van der Waals surface area contributed by atoms with E-state index in [1.807, 2.05) is 37.3 Å². The maximum atomic E-state index is 11.6. The molecule has 18 heavy (non-hydrogen) atoms. The third-order valence-corrected chi connectivity index (χ3v) is 2.50. The van der Waals surface area contributed by atoms with Gasteiger partial charge in [0.2, 0.25) is 0 Å². The van der Waals surface area contributed by atoms with Gasteiger partial charge < -0.3 is 9.47 Å². The highest BCUT2D eigenvalue weighted by atomic mass is 16.5. The number of para-hydroxylation sites is 1. The molecule has 1 unspecified atom stereocenters. The minimum Gasteiger partial charge on any atom is -0.485 e. The molecule has 0 radical (unpaired) electrons. The first-order valence-electron chi connectivity index (χ1n) is 6.26. The van der Waals surface area contributed by atoms with Crippen molar-refractivity contribution in [3.63, 3.8) is 0 Å². The van der Waals surface area contributed by atoms with Gasteiger partial charge in [0.15, 0.2) is 0 Å². The first kappa shape index (κ1) is 14.3. The van der Waals surface area contributed by atoms with Crippen molar-refractivity contribution in [2.45, 2.75) is 32.8 Å². The molecule has 1 aromatic rings. The molecule has 0 aliphatic heterocycles. The summed E-state index contributed by atoms with van der Waals surface area (Å²) in [6.45, 7) is 7.96. The van der Waals surface area contributed by atoms with Gasteiger partial charge in [-0.2, -0.15) is 0 Å². The zero-order valence-electron chi connectivity index (χ0n) is 11.0. The standard InChI is InChI=1S/C15H20O3/c1-4-9-14(12(3)15(16)17-5-2)18-13-10-7-6-8-11-13/h6-8,10-11,14H,3-5,9H2,1-2H3. The average molecular weight is 248 g/mol. The average Bonchev–Trinajstić information content (AvgIpc) is 2.39. The maximum Gasteiger partial charge on any atom is 0.337 e. The fraction of sp³-hybridized carbons (Fsp3) is 0.400. The predicted molar refractivity (Wildman–Crippen MR) is 71.5 cm³/mol. The van der Waals surface area contributed by atoms with Crippen molar-refractivity contribution >= 4 is 5.97 Å². The summed E-state index contributed by atoms with van der Waals surface area (Å²) in [4.78, 5) is 11.6. The molecule has 0 aromatic heterocycles. The van der Waals surface area contributed by atoms with E-state index < -0.39 is 0 Å². The van der Waals surface area contributed by atoms with Crippen LogP contribution in [0.15, 0.2) is 42.5 Å². The molecule has 0 bridgehead atoms. The zero-order valence-corrected chi connectivity index (χ0v) is 11.0. The number of carbonyl (C=O) groups is 1. The van der Waals surface area contributed by atoms with Crippen molar-refractivity contribution in [1.29, 1.82) is 0 Å². The first-order chi connectivity index (χ1) is 8.69. The molecule has 0 aliphatic rings. The van der Waals surface area contributed by atoms with Crippen molar-refractivity contribution in [2.24, 2.45) is 0 Å². The molecule has 0 spiro atoms. The monoisotopic (exact) mass is 248 g/mol. The highest BCUT2D eigenvalue weighted by Gasteiger charge is 2.21. The van der Waals surface area contributed by atoms with Crippen LogP contribution in [0.1, 0.15) is 26.7 Å². The second kappa shape index (κ2) is 7.54. The van der Waals surface area contributed by atoms with Crippen LogP contribution in [0.25, 0.3) is 0 Å². The van der Waals surface area contributed by atoms with Gasteiger partial charge in [0.05, 0.1) is 12.2 Å². The number of carbonyl (C=O) groups excluding carboxylic acids is 1. The summed E-state index contributed by atoms with van der Waals surface area (Å²) in [5.74, 6) is 0.355. The van der Waals surface area contributed by atoms with Crippen molar-refractivity contribution in [2.75, 3.05) is 6.61 Å². The normalized spacial score (nSPS) is 11.7. The smallest absolute Gasteiger partial charge is 0.337 e. The number of hydrogen-bond donors (Lipinski definition) is 0.